The van der Waals surface area contributed by atoms with Crippen molar-refractivity contribution in [2.75, 3.05) is 43.9 Å². The third-order valence-corrected chi connectivity index (χ3v) is 5.91. The number of likely N-dealkylation sites (tertiary alicyclic amines) is 1. The number of anilines is 1. The minimum Gasteiger partial charge on any atom is -0.366 e. The lowest BCUT2D eigenvalue weighted by Gasteiger charge is -2.38. The quantitative estimate of drug-likeness (QED) is 0.786. The number of sulfone groups is 1. The molecule has 2 saturated heterocycles. The molecule has 1 aromatic rings. The van der Waals surface area contributed by atoms with E-state index >= 15 is 0 Å². The highest BCUT2D eigenvalue weighted by Crippen LogP contribution is 2.28. The molecule has 9 heteroatoms. The van der Waals surface area contributed by atoms with Crippen molar-refractivity contribution in [1.29, 1.82) is 0 Å². The third-order valence-electron chi connectivity index (χ3n) is 4.78. The van der Waals surface area contributed by atoms with Gasteiger partial charge in [0.05, 0.1) is 18.0 Å². The molecule has 1 atom stereocenters. The van der Waals surface area contributed by atoms with Crippen LogP contribution in [0.3, 0.4) is 0 Å². The van der Waals surface area contributed by atoms with Gasteiger partial charge in [-0.2, -0.15) is 0 Å². The van der Waals surface area contributed by atoms with E-state index in [0.717, 1.165) is 11.9 Å². The zero-order valence-electron chi connectivity index (χ0n) is 14.5. The molecule has 6 nitrogen and oxygen atoms in total. The van der Waals surface area contributed by atoms with Gasteiger partial charge in [-0.05, 0) is 24.3 Å². The van der Waals surface area contributed by atoms with Crippen molar-refractivity contribution in [3.63, 3.8) is 0 Å². The number of rotatable bonds is 3. The van der Waals surface area contributed by atoms with Crippen LogP contribution in [0.15, 0.2) is 29.2 Å². The Morgan fingerprint density at radius 3 is 2.35 bits per heavy atom. The number of carbonyl (C=O) groups is 1. The summed E-state index contributed by atoms with van der Waals surface area (Å²) in [5.74, 6) is -2.96. The Bertz CT molecular complexity index is 757. The predicted molar refractivity (Wildman–Crippen MR) is 92.3 cm³/mol. The van der Waals surface area contributed by atoms with Crippen molar-refractivity contribution in [1.82, 2.24) is 4.90 Å². The summed E-state index contributed by atoms with van der Waals surface area (Å²) >= 11 is 0. The summed E-state index contributed by atoms with van der Waals surface area (Å²) in [6.45, 7) is 1.29. The van der Waals surface area contributed by atoms with E-state index in [-0.39, 0.29) is 36.7 Å². The molecule has 0 N–H and O–H groups in total. The van der Waals surface area contributed by atoms with E-state index < -0.39 is 21.9 Å². The van der Waals surface area contributed by atoms with Crippen LogP contribution in [0.5, 0.6) is 0 Å². The Labute approximate surface area is 151 Å². The molecule has 2 aliphatic rings. The fourth-order valence-corrected chi connectivity index (χ4v) is 3.83. The number of hydrogen-bond donors (Lipinski definition) is 0. The van der Waals surface area contributed by atoms with Gasteiger partial charge in [0.15, 0.2) is 15.9 Å². The first-order chi connectivity index (χ1) is 12.2. The lowest BCUT2D eigenvalue weighted by molar-refractivity contribution is -0.150. The van der Waals surface area contributed by atoms with Crippen molar-refractivity contribution in [3.05, 3.63) is 24.3 Å². The fraction of sp³-hybridized carbons (Fsp3) is 0.588. The number of piperidine rings is 1. The van der Waals surface area contributed by atoms with Crippen LogP contribution in [0, 0.1) is 0 Å². The van der Waals surface area contributed by atoms with E-state index in [9.17, 15) is 22.0 Å². The number of benzene rings is 1. The van der Waals surface area contributed by atoms with Gasteiger partial charge in [-0.25, -0.2) is 17.2 Å². The van der Waals surface area contributed by atoms with Gasteiger partial charge in [0, 0.05) is 44.4 Å². The maximum atomic E-state index is 13.3. The zero-order chi connectivity index (χ0) is 18.9. The number of amides is 1. The Kier molecular flexibility index (Phi) is 5.21. The molecule has 1 unspecified atom stereocenters. The molecule has 0 aliphatic carbocycles. The summed E-state index contributed by atoms with van der Waals surface area (Å²) in [5, 5.41) is 0. The van der Waals surface area contributed by atoms with E-state index in [1.165, 1.54) is 17.0 Å². The normalized spacial score (nSPS) is 23.7. The minimum absolute atomic E-state index is 0.0365. The number of hydrogen-bond acceptors (Lipinski definition) is 5. The van der Waals surface area contributed by atoms with Gasteiger partial charge in [0.25, 0.3) is 11.8 Å². The van der Waals surface area contributed by atoms with Crippen molar-refractivity contribution in [2.24, 2.45) is 0 Å². The highest BCUT2D eigenvalue weighted by molar-refractivity contribution is 7.90. The monoisotopic (exact) mass is 388 g/mol. The molecule has 1 amide bonds. The first-order valence-electron chi connectivity index (χ1n) is 8.49. The molecule has 0 spiro atoms. The molecule has 144 valence electrons. The van der Waals surface area contributed by atoms with Crippen LogP contribution in [0.2, 0.25) is 0 Å². The number of alkyl halides is 2. The molecule has 0 aromatic heterocycles. The number of nitrogens with zero attached hydrogens (tertiary/aromatic N) is 2. The van der Waals surface area contributed by atoms with Crippen molar-refractivity contribution >= 4 is 21.4 Å². The van der Waals surface area contributed by atoms with Crippen LogP contribution in [0.1, 0.15) is 12.8 Å². The molecule has 0 bridgehead atoms. The van der Waals surface area contributed by atoms with Crippen molar-refractivity contribution in [3.8, 4) is 0 Å². The van der Waals surface area contributed by atoms with Crippen LogP contribution in [0.4, 0.5) is 14.5 Å². The van der Waals surface area contributed by atoms with Gasteiger partial charge in [-0.3, -0.25) is 4.79 Å². The lowest BCUT2D eigenvalue weighted by Crippen LogP contribution is -2.53. The smallest absolute Gasteiger partial charge is 0.253 e. The third kappa shape index (κ3) is 4.32. The standard InChI is InChI=1S/C17H22F2N2O4S/c1-26(23,24)14-4-2-13(3-5-14)21-10-11-25-15(12-21)16(22)20-8-6-17(18,19)7-9-20/h2-5,15H,6-12H2,1H3. The van der Waals surface area contributed by atoms with Crippen LogP contribution in [-0.4, -0.2) is 70.3 Å². The van der Waals surface area contributed by atoms with Gasteiger partial charge in [-0.1, -0.05) is 0 Å². The Morgan fingerprint density at radius 2 is 1.77 bits per heavy atom. The van der Waals surface area contributed by atoms with E-state index in [0.29, 0.717) is 19.7 Å². The van der Waals surface area contributed by atoms with Crippen molar-refractivity contribution in [2.45, 2.75) is 29.8 Å². The number of morpholine rings is 1. The van der Waals surface area contributed by atoms with Gasteiger partial charge in [-0.15, -0.1) is 0 Å². The maximum Gasteiger partial charge on any atom is 0.253 e. The predicted octanol–water partition coefficient (Wildman–Crippen LogP) is 1.55. The summed E-state index contributed by atoms with van der Waals surface area (Å²) in [6.07, 6.45) is -0.192. The summed E-state index contributed by atoms with van der Waals surface area (Å²) in [4.78, 5) is 16.2. The Hall–Kier alpha value is -1.74. The molecule has 26 heavy (non-hydrogen) atoms. The van der Waals surface area contributed by atoms with Crippen LogP contribution in [0.25, 0.3) is 0 Å². The zero-order valence-corrected chi connectivity index (χ0v) is 15.3. The summed E-state index contributed by atoms with van der Waals surface area (Å²) in [6, 6.07) is 6.46. The Balaban J connectivity index is 1.65. The van der Waals surface area contributed by atoms with Gasteiger partial charge < -0.3 is 14.5 Å². The van der Waals surface area contributed by atoms with Crippen LogP contribution in [-0.2, 0) is 19.4 Å². The van der Waals surface area contributed by atoms with Crippen molar-refractivity contribution < 1.29 is 26.7 Å². The number of carbonyl (C=O) groups excluding carboxylic acids is 1. The molecular formula is C17H22F2N2O4S. The Morgan fingerprint density at radius 1 is 1.15 bits per heavy atom. The molecular weight excluding hydrogens is 366 g/mol. The van der Waals surface area contributed by atoms with E-state index in [1.807, 2.05) is 4.90 Å². The molecule has 0 radical (unpaired) electrons. The highest BCUT2D eigenvalue weighted by Gasteiger charge is 2.38. The minimum atomic E-state index is -3.26. The van der Waals surface area contributed by atoms with Gasteiger partial charge in [0.1, 0.15) is 0 Å². The number of halogens is 2. The molecule has 2 fully saturated rings. The summed E-state index contributed by atoms with van der Waals surface area (Å²) < 4.78 is 55.2. The second-order valence-corrected chi connectivity index (χ2v) is 8.77. The first-order valence-corrected chi connectivity index (χ1v) is 10.4. The summed E-state index contributed by atoms with van der Waals surface area (Å²) in [7, 11) is -3.26. The highest BCUT2D eigenvalue weighted by atomic mass is 32.2. The first kappa shape index (κ1) is 19.0. The average Bonchev–Trinajstić information content (AvgIpc) is 2.61. The maximum absolute atomic E-state index is 13.3. The largest absolute Gasteiger partial charge is 0.366 e. The molecule has 3 rings (SSSR count). The van der Waals surface area contributed by atoms with E-state index in [4.69, 9.17) is 4.74 Å². The van der Waals surface area contributed by atoms with Gasteiger partial charge in [0.2, 0.25) is 0 Å². The lowest BCUT2D eigenvalue weighted by atomic mass is 10.1. The molecule has 1 aromatic carbocycles. The number of ether oxygens (including phenoxy) is 1. The topological polar surface area (TPSA) is 66.9 Å². The SMILES string of the molecule is CS(=O)(=O)c1ccc(N2CCOC(C(=O)N3CCC(F)(F)CC3)C2)cc1. The average molecular weight is 388 g/mol. The van der Waals surface area contributed by atoms with Gasteiger partial charge >= 0.3 is 0 Å². The summed E-state index contributed by atoms with van der Waals surface area (Å²) in [5.41, 5.74) is 0.795. The molecule has 0 saturated carbocycles. The molecule has 2 heterocycles. The van der Waals surface area contributed by atoms with E-state index in [1.54, 1.807) is 12.1 Å². The van der Waals surface area contributed by atoms with E-state index in [2.05, 4.69) is 0 Å². The second-order valence-electron chi connectivity index (χ2n) is 6.75. The molecule has 2 aliphatic heterocycles. The van der Waals surface area contributed by atoms with Crippen LogP contribution < -0.4 is 4.90 Å². The van der Waals surface area contributed by atoms with Crippen LogP contribution >= 0.6 is 0 Å². The second kappa shape index (κ2) is 7.11. The fourth-order valence-electron chi connectivity index (χ4n) is 3.20.